The standard InChI is InChI=1S/C21H36N6O/c22-18(9-5-2-1-3-7-15-27-21(25)26)10-6-4-8-16-28-19-13-11-17(12-14-19)20(23)24/h11-14,22H,1-10,15-16H2,(H3,23,24)(H4,25,26,27). The molecule has 28 heavy (non-hydrogen) atoms. The number of unbranched alkanes of at least 4 members (excludes halogenated alkanes) is 6. The molecule has 0 unspecified atom stereocenters. The number of ether oxygens (including phenoxy) is 1. The summed E-state index contributed by atoms with van der Waals surface area (Å²) in [6.45, 7) is 1.39. The summed E-state index contributed by atoms with van der Waals surface area (Å²) in [5.74, 6) is 1.04. The van der Waals surface area contributed by atoms with Gasteiger partial charge in [0.2, 0.25) is 0 Å². The Morgan fingerprint density at radius 3 is 1.96 bits per heavy atom. The van der Waals surface area contributed by atoms with Crippen molar-refractivity contribution in [2.75, 3.05) is 13.2 Å². The van der Waals surface area contributed by atoms with Crippen LogP contribution in [-0.4, -0.2) is 30.7 Å². The molecule has 0 atom stereocenters. The van der Waals surface area contributed by atoms with Gasteiger partial charge in [-0.15, -0.1) is 0 Å². The van der Waals surface area contributed by atoms with Gasteiger partial charge in [-0.2, -0.15) is 0 Å². The molecule has 0 radical (unpaired) electrons. The van der Waals surface area contributed by atoms with E-state index in [4.69, 9.17) is 32.8 Å². The fourth-order valence-electron chi connectivity index (χ4n) is 2.85. The Morgan fingerprint density at radius 2 is 1.36 bits per heavy atom. The van der Waals surface area contributed by atoms with Crippen LogP contribution in [-0.2, 0) is 0 Å². The van der Waals surface area contributed by atoms with Crippen molar-refractivity contribution in [2.24, 2.45) is 22.2 Å². The second-order valence-corrected chi connectivity index (χ2v) is 7.03. The topological polar surface area (TPSA) is 147 Å². The molecule has 0 bridgehead atoms. The van der Waals surface area contributed by atoms with Crippen molar-refractivity contribution in [1.29, 1.82) is 10.8 Å². The van der Waals surface area contributed by atoms with E-state index in [1.54, 1.807) is 12.1 Å². The van der Waals surface area contributed by atoms with Gasteiger partial charge in [0.25, 0.3) is 0 Å². The Bertz CT molecular complexity index is 608. The average Bonchev–Trinajstić information content (AvgIpc) is 2.66. The molecule has 0 aliphatic rings. The van der Waals surface area contributed by atoms with E-state index < -0.39 is 0 Å². The fraction of sp³-hybridized carbons (Fsp3) is 0.571. The molecule has 0 heterocycles. The number of nitrogen functional groups attached to an aromatic ring is 1. The Morgan fingerprint density at radius 1 is 0.786 bits per heavy atom. The number of nitrogens with two attached hydrogens (primary N) is 3. The van der Waals surface area contributed by atoms with E-state index in [0.717, 1.165) is 62.8 Å². The maximum atomic E-state index is 8.05. The summed E-state index contributed by atoms with van der Waals surface area (Å²) in [5.41, 5.74) is 17.6. The van der Waals surface area contributed by atoms with Gasteiger partial charge < -0.3 is 27.3 Å². The summed E-state index contributed by atoms with van der Waals surface area (Å²) in [7, 11) is 0. The first-order valence-electron chi connectivity index (χ1n) is 10.2. The average molecular weight is 389 g/mol. The number of amidine groups is 1. The van der Waals surface area contributed by atoms with Crippen molar-refractivity contribution in [2.45, 2.75) is 64.2 Å². The predicted octanol–water partition coefficient (Wildman–Crippen LogP) is 3.54. The van der Waals surface area contributed by atoms with Crippen LogP contribution < -0.4 is 21.9 Å². The minimum Gasteiger partial charge on any atom is -0.494 e. The lowest BCUT2D eigenvalue weighted by molar-refractivity contribution is 0.305. The molecule has 1 rings (SSSR count). The number of rotatable bonds is 16. The van der Waals surface area contributed by atoms with Crippen LogP contribution in [0.4, 0.5) is 0 Å². The third-order valence-corrected chi connectivity index (χ3v) is 4.49. The molecule has 156 valence electrons. The van der Waals surface area contributed by atoms with Crippen LogP contribution in [0.15, 0.2) is 29.3 Å². The van der Waals surface area contributed by atoms with E-state index in [0.29, 0.717) is 18.7 Å². The zero-order valence-corrected chi connectivity index (χ0v) is 16.9. The molecule has 0 saturated heterocycles. The van der Waals surface area contributed by atoms with Gasteiger partial charge in [0.15, 0.2) is 5.96 Å². The zero-order valence-electron chi connectivity index (χ0n) is 16.9. The Balaban J connectivity index is 1.93. The number of nitrogens with zero attached hydrogens (tertiary/aromatic N) is 1. The van der Waals surface area contributed by atoms with Crippen molar-refractivity contribution in [3.8, 4) is 5.75 Å². The van der Waals surface area contributed by atoms with Crippen molar-refractivity contribution >= 4 is 17.5 Å². The van der Waals surface area contributed by atoms with Gasteiger partial charge in [0, 0.05) is 17.8 Å². The molecule has 7 nitrogen and oxygen atoms in total. The van der Waals surface area contributed by atoms with Gasteiger partial charge in [-0.25, -0.2) is 0 Å². The minimum atomic E-state index is 0.0665. The van der Waals surface area contributed by atoms with Gasteiger partial charge in [-0.3, -0.25) is 10.4 Å². The van der Waals surface area contributed by atoms with Crippen molar-refractivity contribution in [1.82, 2.24) is 0 Å². The van der Waals surface area contributed by atoms with E-state index >= 15 is 0 Å². The van der Waals surface area contributed by atoms with Gasteiger partial charge in [-0.05, 0) is 69.2 Å². The molecule has 0 fully saturated rings. The maximum absolute atomic E-state index is 8.05. The van der Waals surface area contributed by atoms with Gasteiger partial charge in [0.05, 0.1) is 6.61 Å². The first kappa shape index (κ1) is 23.5. The first-order chi connectivity index (χ1) is 13.5. The van der Waals surface area contributed by atoms with Crippen LogP contribution in [0.2, 0.25) is 0 Å². The van der Waals surface area contributed by atoms with E-state index in [-0.39, 0.29) is 11.8 Å². The molecular formula is C21H36N6O. The van der Waals surface area contributed by atoms with Gasteiger partial charge >= 0.3 is 0 Å². The second kappa shape index (κ2) is 14.5. The molecule has 0 aliphatic carbocycles. The highest BCUT2D eigenvalue weighted by Gasteiger charge is 2.00. The maximum Gasteiger partial charge on any atom is 0.185 e. The van der Waals surface area contributed by atoms with E-state index in [1.807, 2.05) is 12.1 Å². The number of nitrogens with one attached hydrogen (secondary N) is 2. The third kappa shape index (κ3) is 11.9. The van der Waals surface area contributed by atoms with Crippen molar-refractivity contribution in [3.63, 3.8) is 0 Å². The first-order valence-corrected chi connectivity index (χ1v) is 10.2. The van der Waals surface area contributed by atoms with Crippen molar-refractivity contribution < 1.29 is 4.74 Å². The van der Waals surface area contributed by atoms with E-state index in [2.05, 4.69) is 4.99 Å². The number of benzene rings is 1. The number of guanidine groups is 1. The number of aliphatic imine (C=N–C) groups is 1. The SMILES string of the molecule is N=C(CCCCCCCN=C(N)N)CCCCCOc1ccc(C(=N)N)cc1. The summed E-state index contributed by atoms with van der Waals surface area (Å²) in [4.78, 5) is 3.97. The van der Waals surface area contributed by atoms with Crippen molar-refractivity contribution in [3.05, 3.63) is 29.8 Å². The summed E-state index contributed by atoms with van der Waals surface area (Å²) in [6.07, 6.45) is 10.5. The second-order valence-electron chi connectivity index (χ2n) is 7.03. The lowest BCUT2D eigenvalue weighted by Crippen LogP contribution is -2.22. The molecule has 7 heteroatoms. The number of hydrogen-bond donors (Lipinski definition) is 5. The molecule has 0 aliphatic heterocycles. The zero-order chi connectivity index (χ0) is 20.6. The molecule has 0 spiro atoms. The largest absolute Gasteiger partial charge is 0.494 e. The molecule has 0 amide bonds. The quantitative estimate of drug-likeness (QED) is 0.167. The summed E-state index contributed by atoms with van der Waals surface area (Å²) < 4.78 is 5.69. The minimum absolute atomic E-state index is 0.0665. The van der Waals surface area contributed by atoms with Gasteiger partial charge in [-0.1, -0.05) is 19.3 Å². The van der Waals surface area contributed by atoms with Crippen LogP contribution in [0.1, 0.15) is 69.8 Å². The highest BCUT2D eigenvalue weighted by atomic mass is 16.5. The monoisotopic (exact) mass is 388 g/mol. The fourth-order valence-corrected chi connectivity index (χ4v) is 2.85. The molecule has 8 N–H and O–H groups in total. The summed E-state index contributed by atoms with van der Waals surface area (Å²) in [6, 6.07) is 7.27. The molecule has 0 saturated carbocycles. The molecule has 0 aromatic heterocycles. The Labute approximate surface area is 168 Å². The van der Waals surface area contributed by atoms with Crippen LogP contribution in [0.25, 0.3) is 0 Å². The highest BCUT2D eigenvalue weighted by molar-refractivity contribution is 5.94. The highest BCUT2D eigenvalue weighted by Crippen LogP contribution is 2.13. The summed E-state index contributed by atoms with van der Waals surface area (Å²) in [5, 5.41) is 15.4. The lowest BCUT2D eigenvalue weighted by atomic mass is 10.0. The van der Waals surface area contributed by atoms with Crippen LogP contribution >= 0.6 is 0 Å². The Hall–Kier alpha value is -2.57. The molecular weight excluding hydrogens is 352 g/mol. The van der Waals surface area contributed by atoms with E-state index in [1.165, 1.54) is 12.8 Å². The molecule has 1 aromatic rings. The predicted molar refractivity (Wildman–Crippen MR) is 118 cm³/mol. The van der Waals surface area contributed by atoms with Crippen LogP contribution in [0.3, 0.4) is 0 Å². The smallest absolute Gasteiger partial charge is 0.185 e. The summed E-state index contributed by atoms with van der Waals surface area (Å²) >= 11 is 0. The number of hydrogen-bond acceptors (Lipinski definition) is 4. The normalized spacial score (nSPS) is 10.4. The Kier molecular flexibility index (Phi) is 12.1. The van der Waals surface area contributed by atoms with Gasteiger partial charge in [0.1, 0.15) is 11.6 Å². The van der Waals surface area contributed by atoms with Crippen LogP contribution in [0, 0.1) is 10.8 Å². The molecule has 1 aromatic carbocycles. The van der Waals surface area contributed by atoms with Crippen LogP contribution in [0.5, 0.6) is 5.75 Å². The third-order valence-electron chi connectivity index (χ3n) is 4.49. The lowest BCUT2D eigenvalue weighted by Gasteiger charge is -2.07. The van der Waals surface area contributed by atoms with E-state index in [9.17, 15) is 0 Å².